The molecule has 0 N–H and O–H groups in total. The number of hydrogen-bond donors (Lipinski definition) is 0. The molecular weight excluding hydrogens is 180 g/mol. The topological polar surface area (TPSA) is 0 Å². The maximum atomic E-state index is 3.86. The Balaban J connectivity index is 2.24. The molecule has 1 radical (unpaired) electrons. The summed E-state index contributed by atoms with van der Waals surface area (Å²) < 4.78 is 0. The molecule has 2 aromatic carbocycles. The van der Waals surface area contributed by atoms with Crippen molar-refractivity contribution >= 4 is 0 Å². The number of benzene rings is 2. The van der Waals surface area contributed by atoms with Crippen molar-refractivity contribution in [2.24, 2.45) is 0 Å². The Kier molecular flexibility index (Phi) is 3.18. The fourth-order valence-electron chi connectivity index (χ4n) is 1.70. The summed E-state index contributed by atoms with van der Waals surface area (Å²) in [6.07, 6.45) is 2.03. The van der Waals surface area contributed by atoms with Gasteiger partial charge >= 0.3 is 0 Å². The van der Waals surface area contributed by atoms with Gasteiger partial charge < -0.3 is 0 Å². The van der Waals surface area contributed by atoms with Crippen LogP contribution in [0.2, 0.25) is 0 Å². The van der Waals surface area contributed by atoms with Gasteiger partial charge in [-0.2, -0.15) is 0 Å². The minimum Gasteiger partial charge on any atom is -0.0622 e. The van der Waals surface area contributed by atoms with Crippen molar-refractivity contribution < 1.29 is 0 Å². The zero-order valence-corrected chi connectivity index (χ0v) is 8.82. The minimum atomic E-state index is 0.963. The van der Waals surface area contributed by atoms with E-state index in [0.29, 0.717) is 0 Å². The first-order valence-corrected chi connectivity index (χ1v) is 5.34. The second-order valence-corrected chi connectivity index (χ2v) is 3.67. The molecule has 0 unspecified atom stereocenters. The van der Waals surface area contributed by atoms with Crippen LogP contribution in [0.25, 0.3) is 11.1 Å². The number of rotatable bonds is 3. The molecule has 15 heavy (non-hydrogen) atoms. The van der Waals surface area contributed by atoms with E-state index in [9.17, 15) is 0 Å². The predicted molar refractivity (Wildman–Crippen MR) is 65.6 cm³/mol. The molecule has 0 amide bonds. The largest absolute Gasteiger partial charge is 0.0622 e. The molecule has 0 aliphatic carbocycles. The molecule has 0 aliphatic heterocycles. The van der Waals surface area contributed by atoms with E-state index in [2.05, 4.69) is 55.5 Å². The molecule has 0 aliphatic rings. The normalized spacial score (nSPS) is 10.2. The van der Waals surface area contributed by atoms with Crippen LogP contribution in [0.15, 0.2) is 54.6 Å². The van der Waals surface area contributed by atoms with Crippen molar-refractivity contribution in [3.63, 3.8) is 0 Å². The van der Waals surface area contributed by atoms with E-state index in [1.54, 1.807) is 0 Å². The van der Waals surface area contributed by atoms with Crippen molar-refractivity contribution in [1.82, 2.24) is 0 Å². The Hall–Kier alpha value is -1.56. The standard InChI is InChI=1S/C15H15/c1-2-6-13-9-11-15(12-10-13)14-7-4-3-5-8-14/h3-5,7-12H,1-2,6H2. The summed E-state index contributed by atoms with van der Waals surface area (Å²) in [5.41, 5.74) is 3.92. The second-order valence-electron chi connectivity index (χ2n) is 3.67. The molecule has 0 aromatic heterocycles. The van der Waals surface area contributed by atoms with Crippen molar-refractivity contribution in [1.29, 1.82) is 0 Å². The smallest absolute Gasteiger partial charge is 0.0184 e. The minimum absolute atomic E-state index is 0.963. The molecule has 0 nitrogen and oxygen atoms in total. The first kappa shape index (κ1) is 9.97. The molecule has 2 rings (SSSR count). The van der Waals surface area contributed by atoms with Crippen LogP contribution in [-0.2, 0) is 6.42 Å². The molecular formula is C15H15. The Bertz CT molecular complexity index is 398. The Morgan fingerprint density at radius 3 is 1.93 bits per heavy atom. The van der Waals surface area contributed by atoms with Gasteiger partial charge in [0, 0.05) is 0 Å². The van der Waals surface area contributed by atoms with Gasteiger partial charge in [-0.1, -0.05) is 61.5 Å². The van der Waals surface area contributed by atoms with E-state index in [1.807, 2.05) is 6.07 Å². The summed E-state index contributed by atoms with van der Waals surface area (Å²) >= 11 is 0. The van der Waals surface area contributed by atoms with Crippen LogP contribution in [0.5, 0.6) is 0 Å². The van der Waals surface area contributed by atoms with Crippen molar-refractivity contribution in [2.75, 3.05) is 0 Å². The van der Waals surface area contributed by atoms with Crippen LogP contribution < -0.4 is 0 Å². The average Bonchev–Trinajstić information content (AvgIpc) is 2.32. The van der Waals surface area contributed by atoms with Gasteiger partial charge in [-0.25, -0.2) is 0 Å². The summed E-state index contributed by atoms with van der Waals surface area (Å²) in [6, 6.07) is 19.2. The van der Waals surface area contributed by atoms with E-state index in [0.717, 1.165) is 12.8 Å². The molecule has 0 saturated heterocycles. The van der Waals surface area contributed by atoms with Gasteiger partial charge in [-0.05, 0) is 29.5 Å². The zero-order chi connectivity index (χ0) is 10.5. The summed E-state index contributed by atoms with van der Waals surface area (Å²) in [6.45, 7) is 3.86. The number of hydrogen-bond acceptors (Lipinski definition) is 0. The van der Waals surface area contributed by atoms with Crippen LogP contribution >= 0.6 is 0 Å². The summed E-state index contributed by atoms with van der Waals surface area (Å²) in [5, 5.41) is 0. The maximum Gasteiger partial charge on any atom is -0.0184 e. The van der Waals surface area contributed by atoms with Crippen molar-refractivity contribution in [2.45, 2.75) is 12.8 Å². The fourth-order valence-corrected chi connectivity index (χ4v) is 1.70. The highest BCUT2D eigenvalue weighted by atomic mass is 14.0. The zero-order valence-electron chi connectivity index (χ0n) is 8.82. The molecule has 0 heterocycles. The Labute approximate surface area is 91.6 Å². The lowest BCUT2D eigenvalue weighted by molar-refractivity contribution is 1.000. The van der Waals surface area contributed by atoms with Gasteiger partial charge in [0.15, 0.2) is 0 Å². The highest BCUT2D eigenvalue weighted by molar-refractivity contribution is 5.63. The third-order valence-electron chi connectivity index (χ3n) is 2.53. The predicted octanol–water partition coefficient (Wildman–Crippen LogP) is 4.12. The lowest BCUT2D eigenvalue weighted by atomic mass is 10.0. The summed E-state index contributed by atoms with van der Waals surface area (Å²) in [4.78, 5) is 0. The molecule has 0 atom stereocenters. The van der Waals surface area contributed by atoms with Gasteiger partial charge in [0.1, 0.15) is 0 Å². The van der Waals surface area contributed by atoms with Crippen LogP contribution in [0.3, 0.4) is 0 Å². The van der Waals surface area contributed by atoms with E-state index in [1.165, 1.54) is 16.7 Å². The quantitative estimate of drug-likeness (QED) is 0.691. The summed E-state index contributed by atoms with van der Waals surface area (Å²) in [7, 11) is 0. The van der Waals surface area contributed by atoms with Crippen LogP contribution in [0, 0.1) is 6.92 Å². The van der Waals surface area contributed by atoms with Gasteiger partial charge in [0.05, 0.1) is 0 Å². The molecule has 2 aromatic rings. The molecule has 0 fully saturated rings. The highest BCUT2D eigenvalue weighted by Crippen LogP contribution is 2.19. The van der Waals surface area contributed by atoms with E-state index < -0.39 is 0 Å². The fraction of sp³-hybridized carbons (Fsp3) is 0.133. The van der Waals surface area contributed by atoms with Crippen LogP contribution in [-0.4, -0.2) is 0 Å². The van der Waals surface area contributed by atoms with Gasteiger partial charge in [0.25, 0.3) is 0 Å². The average molecular weight is 195 g/mol. The van der Waals surface area contributed by atoms with Crippen molar-refractivity contribution in [3.8, 4) is 11.1 Å². The highest BCUT2D eigenvalue weighted by Gasteiger charge is 1.96. The molecule has 0 saturated carbocycles. The molecule has 75 valence electrons. The van der Waals surface area contributed by atoms with Gasteiger partial charge in [0.2, 0.25) is 0 Å². The van der Waals surface area contributed by atoms with Gasteiger partial charge in [-0.3, -0.25) is 0 Å². The maximum absolute atomic E-state index is 3.86. The van der Waals surface area contributed by atoms with E-state index in [4.69, 9.17) is 0 Å². The van der Waals surface area contributed by atoms with Gasteiger partial charge in [-0.15, -0.1) is 0 Å². The van der Waals surface area contributed by atoms with E-state index >= 15 is 0 Å². The van der Waals surface area contributed by atoms with Crippen LogP contribution in [0.4, 0.5) is 0 Å². The van der Waals surface area contributed by atoms with Crippen LogP contribution in [0.1, 0.15) is 12.0 Å². The SMILES string of the molecule is [CH2]CCc1ccc(-c2ccccc2)cc1. The lowest BCUT2D eigenvalue weighted by Gasteiger charge is -2.03. The van der Waals surface area contributed by atoms with E-state index in [-0.39, 0.29) is 0 Å². The number of aryl methyl sites for hydroxylation is 1. The first-order chi connectivity index (χ1) is 7.40. The van der Waals surface area contributed by atoms with Crippen molar-refractivity contribution in [3.05, 3.63) is 67.1 Å². The Morgan fingerprint density at radius 1 is 0.733 bits per heavy atom. The molecule has 0 bridgehead atoms. The summed E-state index contributed by atoms with van der Waals surface area (Å²) in [5.74, 6) is 0. The Morgan fingerprint density at radius 2 is 1.33 bits per heavy atom. The first-order valence-electron chi connectivity index (χ1n) is 5.34. The third-order valence-corrected chi connectivity index (χ3v) is 2.53. The lowest BCUT2D eigenvalue weighted by Crippen LogP contribution is -1.83. The molecule has 0 spiro atoms. The molecule has 0 heteroatoms. The second kappa shape index (κ2) is 4.79. The third kappa shape index (κ3) is 2.47. The monoisotopic (exact) mass is 195 g/mol.